The van der Waals surface area contributed by atoms with E-state index in [9.17, 15) is 12.8 Å². The lowest BCUT2D eigenvalue weighted by molar-refractivity contribution is 0.258. The predicted octanol–water partition coefficient (Wildman–Crippen LogP) is 2.61. The quantitative estimate of drug-likeness (QED) is 0.565. The highest BCUT2D eigenvalue weighted by Gasteiger charge is 2.31. The number of aliphatic hydroxyl groups excluding tert-OH is 1. The van der Waals surface area contributed by atoms with Gasteiger partial charge in [-0.1, -0.05) is 11.6 Å². The smallest absolute Gasteiger partial charge is 0.246 e. The average molecular weight is 404 g/mol. The minimum absolute atomic E-state index is 0.0124. The Hall–Kier alpha value is -0.410. The van der Waals surface area contributed by atoms with Gasteiger partial charge in [0.25, 0.3) is 0 Å². The molecule has 1 aromatic rings. The molecule has 0 saturated carbocycles. The van der Waals surface area contributed by atoms with Gasteiger partial charge in [0.2, 0.25) is 10.0 Å². The van der Waals surface area contributed by atoms with Crippen LogP contribution < -0.4 is 5.73 Å². The number of anilines is 1. The monoisotopic (exact) mass is 402 g/mol. The van der Waals surface area contributed by atoms with Gasteiger partial charge in [-0.3, -0.25) is 0 Å². The molecule has 5 nitrogen and oxygen atoms in total. The lowest BCUT2D eigenvalue weighted by atomic mass is 10.3. The van der Waals surface area contributed by atoms with Crippen LogP contribution in [0.5, 0.6) is 0 Å². The minimum Gasteiger partial charge on any atom is -0.396 e. The standard InChI is InChI=1S/C12H17BrClFN2O3S/c1-7(2)17(4-3-5-18)21(19,20)9-6-8(14)10(13)12(16)11(9)15/h6-7,18H,3-5,16H2,1-2H3. The largest absolute Gasteiger partial charge is 0.396 e. The first-order valence-electron chi connectivity index (χ1n) is 6.20. The molecule has 0 bridgehead atoms. The van der Waals surface area contributed by atoms with Crippen molar-refractivity contribution in [3.63, 3.8) is 0 Å². The van der Waals surface area contributed by atoms with Crippen molar-refractivity contribution in [3.05, 3.63) is 21.4 Å². The van der Waals surface area contributed by atoms with Crippen LogP contribution >= 0.6 is 27.5 Å². The number of halogens is 3. The molecule has 0 amide bonds. The highest BCUT2D eigenvalue weighted by Crippen LogP contribution is 2.36. The third-order valence-corrected chi connectivity index (χ3v) is 6.31. The normalized spacial score (nSPS) is 12.4. The van der Waals surface area contributed by atoms with Gasteiger partial charge in [0.05, 0.1) is 15.2 Å². The number of benzene rings is 1. The number of nitrogens with zero attached hydrogens (tertiary/aromatic N) is 1. The Balaban J connectivity index is 3.42. The van der Waals surface area contributed by atoms with Crippen LogP contribution in [0.1, 0.15) is 20.3 Å². The first-order chi connectivity index (χ1) is 9.64. The van der Waals surface area contributed by atoms with Crippen LogP contribution in [0.15, 0.2) is 15.4 Å². The molecule has 0 fully saturated rings. The molecule has 0 aliphatic carbocycles. The number of hydrogen-bond acceptors (Lipinski definition) is 4. The van der Waals surface area contributed by atoms with Crippen molar-refractivity contribution in [1.82, 2.24) is 4.31 Å². The molecular weight excluding hydrogens is 387 g/mol. The molecule has 0 radical (unpaired) electrons. The van der Waals surface area contributed by atoms with Crippen molar-refractivity contribution >= 4 is 43.2 Å². The van der Waals surface area contributed by atoms with Crippen LogP contribution in [0.4, 0.5) is 10.1 Å². The van der Waals surface area contributed by atoms with Crippen LogP contribution in [0.3, 0.4) is 0 Å². The summed E-state index contributed by atoms with van der Waals surface area (Å²) in [7, 11) is -4.10. The molecule has 0 aliphatic heterocycles. The molecule has 1 aromatic carbocycles. The van der Waals surface area contributed by atoms with E-state index in [1.54, 1.807) is 13.8 Å². The van der Waals surface area contributed by atoms with E-state index in [2.05, 4.69) is 15.9 Å². The second-order valence-electron chi connectivity index (χ2n) is 4.68. The third-order valence-electron chi connectivity index (χ3n) is 2.86. The maximum atomic E-state index is 14.2. The molecule has 0 atom stereocenters. The number of nitrogens with two attached hydrogens (primary N) is 1. The van der Waals surface area contributed by atoms with Gasteiger partial charge < -0.3 is 10.8 Å². The van der Waals surface area contributed by atoms with Crippen LogP contribution in [-0.4, -0.2) is 37.0 Å². The van der Waals surface area contributed by atoms with E-state index in [4.69, 9.17) is 22.4 Å². The topological polar surface area (TPSA) is 83.6 Å². The summed E-state index contributed by atoms with van der Waals surface area (Å²) in [4.78, 5) is -0.570. The Morgan fingerprint density at radius 2 is 2.10 bits per heavy atom. The summed E-state index contributed by atoms with van der Waals surface area (Å²) in [5.74, 6) is -1.04. The van der Waals surface area contributed by atoms with Crippen molar-refractivity contribution in [2.75, 3.05) is 18.9 Å². The lowest BCUT2D eigenvalue weighted by Gasteiger charge is -2.26. The maximum absolute atomic E-state index is 14.2. The maximum Gasteiger partial charge on any atom is 0.246 e. The van der Waals surface area contributed by atoms with E-state index in [1.807, 2.05) is 0 Å². The van der Waals surface area contributed by atoms with Crippen molar-refractivity contribution in [3.8, 4) is 0 Å². The zero-order valence-electron chi connectivity index (χ0n) is 11.6. The van der Waals surface area contributed by atoms with Crippen LogP contribution in [0, 0.1) is 5.82 Å². The minimum atomic E-state index is -4.10. The fourth-order valence-electron chi connectivity index (χ4n) is 1.80. The Morgan fingerprint density at radius 1 is 1.52 bits per heavy atom. The van der Waals surface area contributed by atoms with E-state index < -0.39 is 26.8 Å². The summed E-state index contributed by atoms with van der Waals surface area (Å²) in [5.41, 5.74) is 5.17. The number of aliphatic hydroxyl groups is 1. The van der Waals surface area contributed by atoms with E-state index >= 15 is 0 Å². The molecule has 0 heterocycles. The van der Waals surface area contributed by atoms with Gasteiger partial charge >= 0.3 is 0 Å². The average Bonchev–Trinajstić information content (AvgIpc) is 2.40. The Morgan fingerprint density at radius 3 is 2.57 bits per heavy atom. The lowest BCUT2D eigenvalue weighted by Crippen LogP contribution is -2.38. The zero-order chi connectivity index (χ0) is 16.4. The highest BCUT2D eigenvalue weighted by atomic mass is 79.9. The Labute approximate surface area is 137 Å². The molecule has 0 unspecified atom stereocenters. The molecular formula is C12H17BrClFN2O3S. The molecule has 3 N–H and O–H groups in total. The van der Waals surface area contributed by atoms with Crippen LogP contribution in [0.25, 0.3) is 0 Å². The first kappa shape index (κ1) is 18.6. The van der Waals surface area contributed by atoms with Crippen molar-refractivity contribution in [2.45, 2.75) is 31.2 Å². The molecule has 0 spiro atoms. The summed E-state index contributed by atoms with van der Waals surface area (Å²) in [6, 6.07) is 0.630. The van der Waals surface area contributed by atoms with E-state index in [0.29, 0.717) is 0 Å². The molecule has 21 heavy (non-hydrogen) atoms. The highest BCUT2D eigenvalue weighted by molar-refractivity contribution is 9.10. The van der Waals surface area contributed by atoms with Crippen LogP contribution in [-0.2, 0) is 10.0 Å². The fourth-order valence-corrected chi connectivity index (χ4v) is 4.14. The van der Waals surface area contributed by atoms with E-state index in [0.717, 1.165) is 10.4 Å². The summed E-state index contributed by atoms with van der Waals surface area (Å²) in [5, 5.41) is 8.88. The van der Waals surface area contributed by atoms with Gasteiger partial charge in [0.15, 0.2) is 5.82 Å². The van der Waals surface area contributed by atoms with Crippen molar-refractivity contribution < 1.29 is 17.9 Å². The SMILES string of the molecule is CC(C)N(CCCO)S(=O)(=O)c1cc(Cl)c(Br)c(N)c1F. The third kappa shape index (κ3) is 3.87. The Bertz CT molecular complexity index is 625. The molecule has 0 aromatic heterocycles. The summed E-state index contributed by atoms with van der Waals surface area (Å²) in [6.07, 6.45) is 0.249. The first-order valence-corrected chi connectivity index (χ1v) is 8.81. The van der Waals surface area contributed by atoms with Crippen molar-refractivity contribution in [2.24, 2.45) is 0 Å². The molecule has 120 valence electrons. The molecule has 1 rings (SSSR count). The Kier molecular flexibility index (Phi) is 6.42. The van der Waals surface area contributed by atoms with Crippen LogP contribution in [0.2, 0.25) is 5.02 Å². The van der Waals surface area contributed by atoms with E-state index in [-0.39, 0.29) is 34.8 Å². The molecule has 9 heteroatoms. The number of rotatable bonds is 6. The summed E-state index contributed by atoms with van der Waals surface area (Å²) >= 11 is 8.87. The number of hydrogen-bond donors (Lipinski definition) is 2. The zero-order valence-corrected chi connectivity index (χ0v) is 14.8. The summed E-state index contributed by atoms with van der Waals surface area (Å²) < 4.78 is 40.6. The second-order valence-corrected chi connectivity index (χ2v) is 7.74. The van der Waals surface area contributed by atoms with E-state index in [1.165, 1.54) is 0 Å². The van der Waals surface area contributed by atoms with Gasteiger partial charge in [-0.25, -0.2) is 12.8 Å². The van der Waals surface area contributed by atoms with Crippen molar-refractivity contribution in [1.29, 1.82) is 0 Å². The fraction of sp³-hybridized carbons (Fsp3) is 0.500. The van der Waals surface area contributed by atoms with Gasteiger partial charge in [-0.15, -0.1) is 0 Å². The molecule has 0 saturated heterocycles. The second kappa shape index (κ2) is 7.23. The predicted molar refractivity (Wildman–Crippen MR) is 84.3 cm³/mol. The van der Waals surface area contributed by atoms with Gasteiger partial charge in [0, 0.05) is 19.2 Å². The van der Waals surface area contributed by atoms with Gasteiger partial charge in [-0.2, -0.15) is 4.31 Å². The summed E-state index contributed by atoms with van der Waals surface area (Å²) in [6.45, 7) is 3.24. The molecule has 0 aliphatic rings. The van der Waals surface area contributed by atoms with Gasteiger partial charge in [0.1, 0.15) is 4.90 Å². The number of nitrogen functional groups attached to an aromatic ring is 1. The van der Waals surface area contributed by atoms with Gasteiger partial charge in [-0.05, 0) is 42.3 Å². The number of sulfonamides is 1.